The van der Waals surface area contributed by atoms with E-state index in [0.717, 1.165) is 4.90 Å². The van der Waals surface area contributed by atoms with Gasteiger partial charge in [0.05, 0.1) is 31.9 Å². The topological polar surface area (TPSA) is 57.3 Å². The van der Waals surface area contributed by atoms with Crippen LogP contribution in [0.15, 0.2) is 0 Å². The van der Waals surface area contributed by atoms with Gasteiger partial charge in [-0.2, -0.15) is 41.8 Å². The lowest BCUT2D eigenvalue weighted by atomic mass is 10.3. The molecule has 5 nitrogen and oxygen atoms in total. The zero-order valence-corrected chi connectivity index (χ0v) is 11.2. The van der Waals surface area contributed by atoms with Crippen LogP contribution in [0.5, 0.6) is 0 Å². The lowest BCUT2D eigenvalue weighted by molar-refractivity contribution is -0.319. The summed E-state index contributed by atoms with van der Waals surface area (Å²) >= 11 is 0. The lowest BCUT2D eigenvalue weighted by Gasteiger charge is -2.39. The number of hydrogen-bond acceptors (Lipinski definition) is 5. The van der Waals surface area contributed by atoms with Gasteiger partial charge in [0.15, 0.2) is 6.17 Å². The first-order valence-electron chi connectivity index (χ1n) is 5.48. The molecular formula is C10H13F6N5. The maximum absolute atomic E-state index is 12.9. The van der Waals surface area contributed by atoms with Crippen LogP contribution in [0.2, 0.25) is 0 Å². The van der Waals surface area contributed by atoms with E-state index in [9.17, 15) is 26.3 Å². The Morgan fingerprint density at radius 2 is 1.43 bits per heavy atom. The van der Waals surface area contributed by atoms with Gasteiger partial charge in [0.2, 0.25) is 0 Å². The van der Waals surface area contributed by atoms with Gasteiger partial charge < -0.3 is 0 Å². The largest absolute Gasteiger partial charge is 0.461 e. The summed E-state index contributed by atoms with van der Waals surface area (Å²) in [5.74, 6) is 0. The molecule has 0 aromatic rings. The van der Waals surface area contributed by atoms with Crippen LogP contribution in [-0.4, -0.2) is 67.2 Å². The third-order valence-corrected chi connectivity index (χ3v) is 2.44. The van der Waals surface area contributed by atoms with Crippen LogP contribution in [0, 0.1) is 22.7 Å². The van der Waals surface area contributed by atoms with E-state index in [2.05, 4.69) is 0 Å². The van der Waals surface area contributed by atoms with E-state index < -0.39 is 36.8 Å². The number of halogens is 6. The highest BCUT2D eigenvalue weighted by atomic mass is 19.4. The minimum atomic E-state index is -5.23. The summed E-state index contributed by atoms with van der Waals surface area (Å²) in [6.07, 6.45) is -13.5. The fourth-order valence-corrected chi connectivity index (χ4v) is 1.60. The maximum atomic E-state index is 12.9. The fourth-order valence-electron chi connectivity index (χ4n) is 1.60. The van der Waals surface area contributed by atoms with Crippen LogP contribution >= 0.6 is 0 Å². The first-order valence-corrected chi connectivity index (χ1v) is 5.48. The molecule has 0 rings (SSSR count). The number of nitrogens with zero attached hydrogens (tertiary/aromatic N) is 5. The van der Waals surface area contributed by atoms with Crippen molar-refractivity contribution in [3.8, 4) is 12.1 Å². The predicted octanol–water partition coefficient (Wildman–Crippen LogP) is 1.56. The molecule has 21 heavy (non-hydrogen) atoms. The summed E-state index contributed by atoms with van der Waals surface area (Å²) in [6.45, 7) is -1.78. The van der Waals surface area contributed by atoms with Crippen molar-refractivity contribution in [1.82, 2.24) is 14.7 Å². The van der Waals surface area contributed by atoms with Crippen LogP contribution in [-0.2, 0) is 0 Å². The second kappa shape index (κ2) is 7.45. The number of nitriles is 2. The van der Waals surface area contributed by atoms with Crippen molar-refractivity contribution < 1.29 is 26.3 Å². The van der Waals surface area contributed by atoms with Gasteiger partial charge in [-0.1, -0.05) is 0 Å². The summed E-state index contributed by atoms with van der Waals surface area (Å²) in [7, 11) is 1.52. The molecule has 11 heteroatoms. The molecule has 0 aliphatic rings. The quantitative estimate of drug-likeness (QED) is 0.322. The first kappa shape index (κ1) is 19.4. The summed E-state index contributed by atoms with van der Waals surface area (Å²) in [5.41, 5.74) is 0. The second-order valence-corrected chi connectivity index (χ2v) is 4.21. The SMILES string of the molecule is CN(CC#N)CN(CC#N)C(N(C)C(F)(F)F)C(F)(F)F. The van der Waals surface area contributed by atoms with Gasteiger partial charge in [-0.15, -0.1) is 0 Å². The van der Waals surface area contributed by atoms with Crippen molar-refractivity contribution in [3.63, 3.8) is 0 Å². The maximum Gasteiger partial charge on any atom is 0.461 e. The Kier molecular flexibility index (Phi) is 6.90. The summed E-state index contributed by atoms with van der Waals surface area (Å²) < 4.78 is 76.5. The van der Waals surface area contributed by atoms with E-state index in [4.69, 9.17) is 10.5 Å². The van der Waals surface area contributed by atoms with Gasteiger partial charge in [-0.3, -0.25) is 9.80 Å². The molecule has 0 saturated carbocycles. The van der Waals surface area contributed by atoms with E-state index in [1.807, 2.05) is 0 Å². The van der Waals surface area contributed by atoms with Crippen LogP contribution in [0.3, 0.4) is 0 Å². The smallest absolute Gasteiger partial charge is 0.280 e. The normalized spacial score (nSPS) is 14.3. The molecule has 0 heterocycles. The highest BCUT2D eigenvalue weighted by molar-refractivity contribution is 4.86. The van der Waals surface area contributed by atoms with Crippen LogP contribution in [0.1, 0.15) is 0 Å². The van der Waals surface area contributed by atoms with Crippen LogP contribution in [0.4, 0.5) is 26.3 Å². The molecule has 1 atom stereocenters. The number of hydrogen-bond donors (Lipinski definition) is 0. The monoisotopic (exact) mass is 317 g/mol. The van der Waals surface area contributed by atoms with Crippen molar-refractivity contribution in [2.75, 3.05) is 33.9 Å². The molecule has 0 N–H and O–H groups in total. The Morgan fingerprint density at radius 1 is 0.952 bits per heavy atom. The molecule has 120 valence electrons. The molecule has 0 radical (unpaired) electrons. The Labute approximate surface area is 117 Å². The first-order chi connectivity index (χ1) is 9.45. The highest BCUT2D eigenvalue weighted by Gasteiger charge is 2.54. The number of rotatable bonds is 6. The second-order valence-electron chi connectivity index (χ2n) is 4.21. The minimum absolute atomic E-state index is 0.257. The number of alkyl halides is 6. The Bertz CT molecular complexity index is 406. The average molecular weight is 317 g/mol. The molecule has 1 unspecified atom stereocenters. The molecule has 0 amide bonds. The summed E-state index contributed by atoms with van der Waals surface area (Å²) in [5, 5.41) is 17.0. The summed E-state index contributed by atoms with van der Waals surface area (Å²) in [6, 6.07) is 3.05. The molecule has 0 saturated heterocycles. The standard InChI is InChI=1S/C10H13F6N5/c1-19(5-3-17)7-21(6-4-18)8(9(11,12)13)20(2)10(14,15)16/h8H,5-7H2,1-2H3. The Morgan fingerprint density at radius 3 is 1.76 bits per heavy atom. The van der Waals surface area contributed by atoms with Gasteiger partial charge >= 0.3 is 12.5 Å². The Hall–Kier alpha value is -1.56. The fraction of sp³-hybridized carbons (Fsp3) is 0.800. The zero-order valence-electron chi connectivity index (χ0n) is 11.2. The molecule has 0 fully saturated rings. The Balaban J connectivity index is 5.42. The van der Waals surface area contributed by atoms with Crippen molar-refractivity contribution in [3.05, 3.63) is 0 Å². The van der Waals surface area contributed by atoms with Crippen molar-refractivity contribution in [1.29, 1.82) is 10.5 Å². The minimum Gasteiger partial charge on any atom is -0.280 e. The van der Waals surface area contributed by atoms with Gasteiger partial charge in [0.25, 0.3) is 0 Å². The van der Waals surface area contributed by atoms with Gasteiger partial charge in [0.1, 0.15) is 0 Å². The molecule has 0 aromatic carbocycles. The average Bonchev–Trinajstić information content (AvgIpc) is 2.26. The third-order valence-electron chi connectivity index (χ3n) is 2.44. The lowest BCUT2D eigenvalue weighted by Crippen LogP contribution is -2.61. The molecule has 0 aliphatic heterocycles. The van der Waals surface area contributed by atoms with E-state index in [-0.39, 0.29) is 13.6 Å². The van der Waals surface area contributed by atoms with E-state index in [1.165, 1.54) is 13.1 Å². The zero-order chi connectivity index (χ0) is 16.8. The van der Waals surface area contributed by atoms with Crippen molar-refractivity contribution in [2.45, 2.75) is 18.6 Å². The third kappa shape index (κ3) is 6.16. The van der Waals surface area contributed by atoms with E-state index in [0.29, 0.717) is 4.90 Å². The molecule has 0 aromatic heterocycles. The van der Waals surface area contributed by atoms with Crippen molar-refractivity contribution >= 4 is 0 Å². The van der Waals surface area contributed by atoms with Crippen molar-refractivity contribution in [2.24, 2.45) is 0 Å². The van der Waals surface area contributed by atoms with Gasteiger partial charge in [-0.25, -0.2) is 0 Å². The molecule has 0 spiro atoms. The van der Waals surface area contributed by atoms with Crippen LogP contribution in [0.25, 0.3) is 0 Å². The van der Waals surface area contributed by atoms with Gasteiger partial charge in [-0.05, 0) is 14.1 Å². The summed E-state index contributed by atoms with van der Waals surface area (Å²) in [4.78, 5) is 0.551. The molecule has 0 bridgehead atoms. The highest BCUT2D eigenvalue weighted by Crippen LogP contribution is 2.33. The van der Waals surface area contributed by atoms with E-state index in [1.54, 1.807) is 6.07 Å². The van der Waals surface area contributed by atoms with Gasteiger partial charge in [0, 0.05) is 0 Å². The molecular weight excluding hydrogens is 304 g/mol. The predicted molar refractivity (Wildman–Crippen MR) is 59.1 cm³/mol. The van der Waals surface area contributed by atoms with E-state index >= 15 is 0 Å². The van der Waals surface area contributed by atoms with Crippen LogP contribution < -0.4 is 0 Å². The molecule has 0 aliphatic carbocycles.